The van der Waals surface area contributed by atoms with Crippen molar-refractivity contribution in [3.05, 3.63) is 212 Å². The number of aromatic nitrogens is 3. The standard InChI is InChI=1S/C58H35N3/c1-7-22-48-40(16-1)41-17-2-8-23-49(41)59(48)39-34-54(60-50-24-9-3-18-42(50)43-19-4-10-25-51(43)60)58(55(35-39)61-52-26-11-5-20-44(52)45-21-6-12-27-53(45)61)47-33-31-38-29-28-36-14-13-15-37-30-32-46(47)57(38)56(36)37/h1-35H. The van der Waals surface area contributed by atoms with Gasteiger partial charge in [-0.15, -0.1) is 0 Å². The van der Waals surface area contributed by atoms with E-state index in [4.69, 9.17) is 0 Å². The lowest BCUT2D eigenvalue weighted by atomic mass is 9.88. The molecule has 0 radical (unpaired) electrons. The molecule has 0 fully saturated rings. The summed E-state index contributed by atoms with van der Waals surface area (Å²) in [5.74, 6) is 0. The Morgan fingerprint density at radius 3 is 1.02 bits per heavy atom. The lowest BCUT2D eigenvalue weighted by molar-refractivity contribution is 1.10. The second kappa shape index (κ2) is 12.2. The summed E-state index contributed by atoms with van der Waals surface area (Å²) in [6.45, 7) is 0. The third-order valence-corrected chi connectivity index (χ3v) is 13.4. The fraction of sp³-hybridized carbons (Fsp3) is 0. The maximum Gasteiger partial charge on any atom is 0.0582 e. The summed E-state index contributed by atoms with van der Waals surface area (Å²) in [7, 11) is 0. The number of fused-ring (bicyclic) bond motifs is 9. The van der Waals surface area contributed by atoms with Gasteiger partial charge in [0.25, 0.3) is 0 Å². The second-order valence-electron chi connectivity index (χ2n) is 16.4. The van der Waals surface area contributed by atoms with E-state index in [1.54, 1.807) is 0 Å². The van der Waals surface area contributed by atoms with Crippen molar-refractivity contribution in [2.24, 2.45) is 0 Å². The highest BCUT2D eigenvalue weighted by molar-refractivity contribution is 6.26. The minimum absolute atomic E-state index is 1.10. The van der Waals surface area contributed by atoms with E-state index in [-0.39, 0.29) is 0 Å². The van der Waals surface area contributed by atoms with Gasteiger partial charge in [-0.2, -0.15) is 0 Å². The first-order valence-electron chi connectivity index (χ1n) is 21.1. The molecule has 0 spiro atoms. The van der Waals surface area contributed by atoms with E-state index in [1.165, 1.54) is 109 Å². The predicted octanol–water partition coefficient (Wildman–Crippen LogP) is 15.5. The highest BCUT2D eigenvalue weighted by Gasteiger charge is 2.26. The van der Waals surface area contributed by atoms with Crippen LogP contribution in [0.15, 0.2) is 212 Å². The van der Waals surface area contributed by atoms with Crippen LogP contribution < -0.4 is 0 Å². The van der Waals surface area contributed by atoms with Crippen LogP contribution in [0.4, 0.5) is 0 Å². The van der Waals surface area contributed by atoms with Crippen LogP contribution in [0, 0.1) is 0 Å². The average molecular weight is 774 g/mol. The Labute approximate surface area is 350 Å². The molecule has 3 heterocycles. The summed E-state index contributed by atoms with van der Waals surface area (Å²) in [6, 6.07) is 78.9. The normalized spacial score (nSPS) is 12.3. The van der Waals surface area contributed by atoms with E-state index in [0.29, 0.717) is 0 Å². The highest BCUT2D eigenvalue weighted by atomic mass is 15.0. The number of rotatable bonds is 4. The molecule has 0 N–H and O–H groups in total. The van der Waals surface area contributed by atoms with Crippen molar-refractivity contribution in [1.29, 1.82) is 0 Å². The summed E-state index contributed by atoms with van der Waals surface area (Å²) >= 11 is 0. The van der Waals surface area contributed by atoms with Gasteiger partial charge in [0.1, 0.15) is 0 Å². The Hall–Kier alpha value is -8.14. The van der Waals surface area contributed by atoms with Gasteiger partial charge >= 0.3 is 0 Å². The molecule has 0 bridgehead atoms. The van der Waals surface area contributed by atoms with Crippen LogP contribution >= 0.6 is 0 Å². The molecule has 0 saturated carbocycles. The third-order valence-electron chi connectivity index (χ3n) is 13.4. The maximum absolute atomic E-state index is 2.53. The molecule has 61 heavy (non-hydrogen) atoms. The molecule has 3 heteroatoms. The molecule has 0 aliphatic rings. The number of hydrogen-bond acceptors (Lipinski definition) is 0. The lowest BCUT2D eigenvalue weighted by Gasteiger charge is -2.24. The van der Waals surface area contributed by atoms with Crippen LogP contribution in [0.3, 0.4) is 0 Å². The summed E-state index contributed by atoms with van der Waals surface area (Å²) in [5.41, 5.74) is 12.8. The van der Waals surface area contributed by atoms with Gasteiger partial charge in [0.05, 0.1) is 50.2 Å². The van der Waals surface area contributed by atoms with Gasteiger partial charge in [0.15, 0.2) is 0 Å². The maximum atomic E-state index is 2.53. The number of benzene rings is 11. The van der Waals surface area contributed by atoms with Crippen molar-refractivity contribution >= 4 is 97.7 Å². The van der Waals surface area contributed by atoms with Gasteiger partial charge in [-0.25, -0.2) is 0 Å². The Morgan fingerprint density at radius 2 is 0.590 bits per heavy atom. The van der Waals surface area contributed by atoms with E-state index >= 15 is 0 Å². The number of hydrogen-bond donors (Lipinski definition) is 0. The summed E-state index contributed by atoms with van der Waals surface area (Å²) in [4.78, 5) is 0. The lowest BCUT2D eigenvalue weighted by Crippen LogP contribution is -2.07. The molecule has 14 aromatic rings. The van der Waals surface area contributed by atoms with E-state index in [2.05, 4.69) is 226 Å². The Balaban J connectivity index is 1.25. The first kappa shape index (κ1) is 32.8. The Morgan fingerprint density at radius 1 is 0.246 bits per heavy atom. The first-order chi connectivity index (χ1) is 30.3. The predicted molar refractivity (Wildman–Crippen MR) is 259 cm³/mol. The fourth-order valence-electron chi connectivity index (χ4n) is 10.9. The average Bonchev–Trinajstić information content (AvgIpc) is 3.96. The van der Waals surface area contributed by atoms with Gasteiger partial charge in [-0.3, -0.25) is 0 Å². The molecule has 0 aliphatic carbocycles. The fourth-order valence-corrected chi connectivity index (χ4v) is 10.9. The molecule has 0 unspecified atom stereocenters. The zero-order valence-corrected chi connectivity index (χ0v) is 33.0. The van der Waals surface area contributed by atoms with Crippen LogP contribution in [-0.2, 0) is 0 Å². The molecule has 0 atom stereocenters. The number of nitrogens with zero attached hydrogens (tertiary/aromatic N) is 3. The third kappa shape index (κ3) is 4.42. The van der Waals surface area contributed by atoms with Gasteiger partial charge in [0, 0.05) is 37.9 Å². The van der Waals surface area contributed by atoms with Crippen LogP contribution in [-0.4, -0.2) is 13.7 Å². The quantitative estimate of drug-likeness (QED) is 0.158. The molecule has 0 saturated heterocycles. The van der Waals surface area contributed by atoms with Crippen molar-refractivity contribution in [1.82, 2.24) is 13.7 Å². The van der Waals surface area contributed by atoms with Gasteiger partial charge in [0.2, 0.25) is 0 Å². The van der Waals surface area contributed by atoms with Crippen molar-refractivity contribution in [3.63, 3.8) is 0 Å². The van der Waals surface area contributed by atoms with Crippen molar-refractivity contribution < 1.29 is 0 Å². The van der Waals surface area contributed by atoms with Crippen LogP contribution in [0.25, 0.3) is 126 Å². The highest BCUT2D eigenvalue weighted by Crippen LogP contribution is 2.48. The van der Waals surface area contributed by atoms with E-state index in [9.17, 15) is 0 Å². The summed E-state index contributed by atoms with van der Waals surface area (Å²) in [5, 5.41) is 15.1. The first-order valence-corrected chi connectivity index (χ1v) is 21.1. The molecule has 14 rings (SSSR count). The second-order valence-corrected chi connectivity index (χ2v) is 16.4. The zero-order valence-electron chi connectivity index (χ0n) is 33.0. The van der Waals surface area contributed by atoms with E-state index in [0.717, 1.165) is 17.1 Å². The topological polar surface area (TPSA) is 14.8 Å². The van der Waals surface area contributed by atoms with Crippen molar-refractivity contribution in [2.75, 3.05) is 0 Å². The van der Waals surface area contributed by atoms with Crippen LogP contribution in [0.1, 0.15) is 0 Å². The van der Waals surface area contributed by atoms with Crippen molar-refractivity contribution in [2.45, 2.75) is 0 Å². The van der Waals surface area contributed by atoms with E-state index in [1.807, 2.05) is 0 Å². The summed E-state index contributed by atoms with van der Waals surface area (Å²) < 4.78 is 7.55. The van der Waals surface area contributed by atoms with Crippen LogP contribution in [0.2, 0.25) is 0 Å². The SMILES string of the molecule is c1cc2ccc3ccc(-c4c(-n5c6ccccc6c6ccccc65)cc(-n5c6ccccc6c6ccccc65)cc4-n4c5ccccc5c5ccccc54)c4ccc(c1)c2c34. The molecule has 0 aliphatic heterocycles. The smallest absolute Gasteiger partial charge is 0.0582 e. The van der Waals surface area contributed by atoms with E-state index < -0.39 is 0 Å². The molecular weight excluding hydrogens is 739 g/mol. The largest absolute Gasteiger partial charge is 0.309 e. The minimum Gasteiger partial charge on any atom is -0.309 e. The molecule has 3 aromatic heterocycles. The minimum atomic E-state index is 1.10. The van der Waals surface area contributed by atoms with Gasteiger partial charge in [-0.05, 0) is 86.4 Å². The van der Waals surface area contributed by atoms with Crippen molar-refractivity contribution in [3.8, 4) is 28.2 Å². The zero-order chi connectivity index (χ0) is 39.8. The monoisotopic (exact) mass is 773 g/mol. The molecular formula is C58H35N3. The van der Waals surface area contributed by atoms with Crippen LogP contribution in [0.5, 0.6) is 0 Å². The van der Waals surface area contributed by atoms with Gasteiger partial charge < -0.3 is 13.7 Å². The Bertz CT molecular complexity index is 3810. The summed E-state index contributed by atoms with van der Waals surface area (Å²) in [6.07, 6.45) is 0. The number of para-hydroxylation sites is 6. The molecule has 11 aromatic carbocycles. The molecule has 282 valence electrons. The molecule has 3 nitrogen and oxygen atoms in total. The Kier molecular flexibility index (Phi) is 6.56. The molecule has 0 amide bonds. The van der Waals surface area contributed by atoms with Gasteiger partial charge in [-0.1, -0.05) is 164 Å².